The van der Waals surface area contributed by atoms with E-state index in [0.717, 1.165) is 38.5 Å². The number of rotatable bonds is 48. The van der Waals surface area contributed by atoms with Crippen molar-refractivity contribution in [2.45, 2.75) is 350 Å². The van der Waals surface area contributed by atoms with Crippen molar-refractivity contribution in [2.24, 2.45) is 0 Å². The minimum Gasteiger partial charge on any atom is -0.508 e. The van der Waals surface area contributed by atoms with E-state index in [1.54, 1.807) is 0 Å². The van der Waals surface area contributed by atoms with Crippen molar-refractivity contribution in [1.82, 2.24) is 0 Å². The predicted octanol–water partition coefficient (Wildman–Crippen LogP) is 23.1. The molecule has 0 amide bonds. The third-order valence-corrected chi connectivity index (χ3v) is 16.0. The van der Waals surface area contributed by atoms with Crippen LogP contribution in [-0.4, -0.2) is 30.0 Å². The zero-order valence-electron chi connectivity index (χ0n) is 52.8. The molecule has 0 unspecified atom stereocenters. The monoisotopic (exact) mass is 1120 g/mol. The molecule has 0 fully saturated rings. The van der Waals surface area contributed by atoms with E-state index in [2.05, 4.69) is 59.7 Å². The van der Waals surface area contributed by atoms with Crippen LogP contribution in [0.25, 0.3) is 0 Å². The van der Waals surface area contributed by atoms with Crippen LogP contribution in [-0.2, 0) is 38.5 Å². The van der Waals surface area contributed by atoms with Crippen LogP contribution >= 0.6 is 8.60 Å². The van der Waals surface area contributed by atoms with E-state index in [1.165, 1.54) is 303 Å². The Labute approximate surface area is 491 Å². The second-order valence-corrected chi connectivity index (χ2v) is 23.8. The molecule has 0 aromatic heterocycles. The Hall–Kier alpha value is -2.63. The van der Waals surface area contributed by atoms with Crippen LogP contribution in [0, 0.1) is 0 Å². The largest absolute Gasteiger partial charge is 0.508 e. The van der Waals surface area contributed by atoms with Gasteiger partial charge >= 0.3 is 8.60 Å². The first-order chi connectivity index (χ1) is 38.6. The summed E-state index contributed by atoms with van der Waals surface area (Å²) in [7, 11) is -2.62. The fraction of sp³-hybridized carbons (Fsp3) is 0.750. The average molecular weight is 1120 g/mol. The second-order valence-electron chi connectivity index (χ2n) is 23.2. The molecule has 0 aliphatic carbocycles. The lowest BCUT2D eigenvalue weighted by atomic mass is 9.95. The van der Waals surface area contributed by atoms with Crippen LogP contribution in [0.5, 0.6) is 17.2 Å². The van der Waals surface area contributed by atoms with Crippen LogP contribution in [0.3, 0.4) is 0 Å². The Balaban J connectivity index is 0.00000111. The summed E-state index contributed by atoms with van der Waals surface area (Å²) in [5.74, 6) is 1.56. The fourth-order valence-corrected chi connectivity index (χ4v) is 11.0. The van der Waals surface area contributed by atoms with Crippen LogP contribution in [0.2, 0.25) is 0 Å². The van der Waals surface area contributed by atoms with E-state index >= 15 is 0 Å². The molecule has 0 spiro atoms. The van der Waals surface area contributed by atoms with Gasteiger partial charge in [0.2, 0.25) is 0 Å². The van der Waals surface area contributed by atoms with Gasteiger partial charge in [-0.2, -0.15) is 0 Å². The number of hydrogen-bond acceptors (Lipinski definition) is 6. The average Bonchev–Trinajstić information content (AvgIpc) is 3.43. The maximum Gasteiger partial charge on any atom is 0.324 e. The van der Waals surface area contributed by atoms with Gasteiger partial charge in [0.25, 0.3) is 0 Å². The number of benzene rings is 3. The van der Waals surface area contributed by atoms with E-state index in [9.17, 15) is 15.3 Å². The first-order valence-corrected chi connectivity index (χ1v) is 35.1. The second kappa shape index (κ2) is 58.6. The van der Waals surface area contributed by atoms with Gasteiger partial charge in [-0.25, -0.2) is 0 Å². The zero-order chi connectivity index (χ0) is 58.1. The van der Waals surface area contributed by atoms with E-state index in [4.69, 9.17) is 14.7 Å². The van der Waals surface area contributed by atoms with Gasteiger partial charge in [0.15, 0.2) is 0 Å². The van der Waals surface area contributed by atoms with Crippen molar-refractivity contribution in [3.05, 3.63) is 88.0 Å². The molecule has 0 atom stereocenters. The maximum atomic E-state index is 10.3. The van der Waals surface area contributed by atoms with Crippen molar-refractivity contribution in [2.75, 3.05) is 0 Å². The molecular formula is C72H129O6P. The van der Waals surface area contributed by atoms with Crippen molar-refractivity contribution >= 4 is 8.60 Å². The molecule has 79 heavy (non-hydrogen) atoms. The van der Waals surface area contributed by atoms with Crippen molar-refractivity contribution < 1.29 is 30.0 Å². The van der Waals surface area contributed by atoms with E-state index in [-0.39, 0.29) is 0 Å². The lowest BCUT2D eigenvalue weighted by Crippen LogP contribution is -1.96. The van der Waals surface area contributed by atoms with Crippen molar-refractivity contribution in [1.29, 1.82) is 0 Å². The third kappa shape index (κ3) is 46.5. The highest BCUT2D eigenvalue weighted by Crippen LogP contribution is 2.29. The molecule has 0 saturated heterocycles. The van der Waals surface area contributed by atoms with Gasteiger partial charge in [0.1, 0.15) is 17.2 Å². The number of phenols is 3. The lowest BCUT2D eigenvalue weighted by molar-refractivity contribution is 0.368. The Morgan fingerprint density at radius 3 is 0.557 bits per heavy atom. The first-order valence-electron chi connectivity index (χ1n) is 33.9. The molecule has 6 nitrogen and oxygen atoms in total. The highest BCUT2D eigenvalue weighted by molar-refractivity contribution is 7.38. The SMILES string of the molecule is CCCCCCCCCc1cccc(O)c1CCCCCCCCC.CCCCCCCCCc1cccc(O)c1CCCCCCCCC.CCCCCCCCCc1cccc(O)c1CCCCCCCCC.OP(O)O. The lowest BCUT2D eigenvalue weighted by Gasteiger charge is -2.12. The minimum atomic E-state index is -2.62. The van der Waals surface area contributed by atoms with Crippen LogP contribution in [0.1, 0.15) is 345 Å². The topological polar surface area (TPSA) is 121 Å². The summed E-state index contributed by atoms with van der Waals surface area (Å²) in [5.41, 5.74) is 7.84. The summed E-state index contributed by atoms with van der Waals surface area (Å²) in [4.78, 5) is 21.7. The number of aryl methyl sites for hydroxylation is 3. The summed E-state index contributed by atoms with van der Waals surface area (Å²) in [5, 5.41) is 30.8. The summed E-state index contributed by atoms with van der Waals surface area (Å²) >= 11 is 0. The summed E-state index contributed by atoms with van der Waals surface area (Å²) in [6, 6.07) is 18.3. The number of aromatic hydroxyl groups is 3. The molecule has 3 aromatic carbocycles. The molecule has 3 aromatic rings. The maximum absolute atomic E-state index is 10.3. The molecule has 0 radical (unpaired) electrons. The van der Waals surface area contributed by atoms with Gasteiger partial charge in [-0.3, -0.25) is 0 Å². The Bertz CT molecular complexity index is 1530. The summed E-state index contributed by atoms with van der Waals surface area (Å²) in [6.45, 7) is 13.6. The Kier molecular flexibility index (Phi) is 56.6. The first kappa shape index (κ1) is 76.4. The predicted molar refractivity (Wildman–Crippen MR) is 348 cm³/mol. The van der Waals surface area contributed by atoms with Gasteiger partial charge < -0.3 is 30.0 Å². The minimum absolute atomic E-state index is 0.520. The quantitative estimate of drug-likeness (QED) is 0.0247. The summed E-state index contributed by atoms with van der Waals surface area (Å²) in [6.07, 6.45) is 62.9. The van der Waals surface area contributed by atoms with Gasteiger partial charge in [0, 0.05) is 0 Å². The third-order valence-electron chi connectivity index (χ3n) is 16.0. The van der Waals surface area contributed by atoms with Crippen LogP contribution in [0.4, 0.5) is 0 Å². The Morgan fingerprint density at radius 2 is 0.380 bits per heavy atom. The Morgan fingerprint density at radius 1 is 0.228 bits per heavy atom. The van der Waals surface area contributed by atoms with E-state index in [0.29, 0.717) is 17.2 Å². The molecular weight excluding hydrogens is 992 g/mol. The molecule has 0 heterocycles. The molecule has 0 aliphatic heterocycles. The molecule has 458 valence electrons. The normalized spacial score (nSPS) is 11.0. The van der Waals surface area contributed by atoms with Crippen molar-refractivity contribution in [3.63, 3.8) is 0 Å². The van der Waals surface area contributed by atoms with Crippen LogP contribution < -0.4 is 0 Å². The highest BCUT2D eigenvalue weighted by atomic mass is 31.2. The molecule has 3 rings (SSSR count). The van der Waals surface area contributed by atoms with Gasteiger partial charge in [-0.05, 0) is 129 Å². The van der Waals surface area contributed by atoms with E-state index in [1.807, 2.05) is 36.4 Å². The van der Waals surface area contributed by atoms with Crippen LogP contribution in [0.15, 0.2) is 54.6 Å². The van der Waals surface area contributed by atoms with E-state index < -0.39 is 8.60 Å². The molecule has 0 saturated carbocycles. The molecule has 6 N–H and O–H groups in total. The number of phenolic OH excluding ortho intramolecular Hbond substituents is 3. The fourth-order valence-electron chi connectivity index (χ4n) is 11.0. The number of hydrogen-bond donors (Lipinski definition) is 6. The van der Waals surface area contributed by atoms with Gasteiger partial charge in [-0.15, -0.1) is 0 Å². The number of unbranched alkanes of at least 4 members (excludes halogenated alkanes) is 36. The molecule has 0 aliphatic rings. The molecule has 7 heteroatoms. The molecule has 0 bridgehead atoms. The summed E-state index contributed by atoms with van der Waals surface area (Å²) < 4.78 is 0. The van der Waals surface area contributed by atoms with Gasteiger partial charge in [-0.1, -0.05) is 309 Å². The van der Waals surface area contributed by atoms with Crippen molar-refractivity contribution in [3.8, 4) is 17.2 Å². The highest BCUT2D eigenvalue weighted by Gasteiger charge is 2.11. The smallest absolute Gasteiger partial charge is 0.324 e. The standard InChI is InChI=1S/3C24H42O.H3O3P/c3*1-3-5-7-9-11-13-15-18-22-19-17-21-24(25)23(22)20-16-14-12-10-8-6-4-2;1-4(2)3/h3*17,19,21,25H,3-16,18,20H2,1-2H3;1-3H. The van der Waals surface area contributed by atoms with Gasteiger partial charge in [0.05, 0.1) is 0 Å². The zero-order valence-corrected chi connectivity index (χ0v) is 53.7.